The number of aromatic hydroxyl groups is 1. The average Bonchev–Trinajstić information content (AvgIpc) is 2.99. The molecule has 1 aliphatic rings. The first-order chi connectivity index (χ1) is 12.5. The molecule has 1 aliphatic heterocycles. The molecule has 1 atom stereocenters. The predicted octanol–water partition coefficient (Wildman–Crippen LogP) is 2.70. The van der Waals surface area contributed by atoms with Gasteiger partial charge in [-0.05, 0) is 48.4 Å². The predicted molar refractivity (Wildman–Crippen MR) is 98.0 cm³/mol. The lowest BCUT2D eigenvalue weighted by Gasteiger charge is -2.17. The number of anilines is 1. The second-order valence-corrected chi connectivity index (χ2v) is 6.51. The molecule has 2 amide bonds. The van der Waals surface area contributed by atoms with Crippen LogP contribution < -0.4 is 10.1 Å². The number of nitrogens with one attached hydrogen (secondary N) is 1. The molecule has 26 heavy (non-hydrogen) atoms. The first-order valence-corrected chi connectivity index (χ1v) is 8.47. The molecule has 0 bridgehead atoms. The van der Waals surface area contributed by atoms with E-state index in [2.05, 4.69) is 5.32 Å². The lowest BCUT2D eigenvalue weighted by molar-refractivity contribution is -0.128. The Labute approximate surface area is 152 Å². The quantitative estimate of drug-likeness (QED) is 0.809. The summed E-state index contributed by atoms with van der Waals surface area (Å²) in [6, 6.07) is 12.3. The molecule has 3 rings (SSSR count). The molecule has 0 radical (unpaired) electrons. The lowest BCUT2D eigenvalue weighted by Crippen LogP contribution is -2.28. The van der Waals surface area contributed by atoms with E-state index in [4.69, 9.17) is 4.74 Å². The number of hydrogen-bond donors (Lipinski definition) is 2. The Kier molecular flexibility index (Phi) is 5.11. The first-order valence-electron chi connectivity index (χ1n) is 8.47. The number of phenols is 1. The van der Waals surface area contributed by atoms with Gasteiger partial charge in [0.25, 0.3) is 0 Å². The second-order valence-electron chi connectivity index (χ2n) is 6.51. The van der Waals surface area contributed by atoms with E-state index in [1.807, 2.05) is 31.2 Å². The Morgan fingerprint density at radius 1 is 1.27 bits per heavy atom. The SMILES string of the molecule is COc1ccc(CN2CC(C(=O)Nc3ccc(O)cc3C)CC2=O)cc1. The third kappa shape index (κ3) is 3.96. The minimum Gasteiger partial charge on any atom is -0.508 e. The Balaban J connectivity index is 1.61. The van der Waals surface area contributed by atoms with Crippen LogP contribution in [0, 0.1) is 12.8 Å². The number of amides is 2. The largest absolute Gasteiger partial charge is 0.508 e. The summed E-state index contributed by atoms with van der Waals surface area (Å²) in [5, 5.41) is 12.3. The van der Waals surface area contributed by atoms with Crippen molar-refractivity contribution < 1.29 is 19.4 Å². The van der Waals surface area contributed by atoms with Crippen LogP contribution in [0.1, 0.15) is 17.5 Å². The second kappa shape index (κ2) is 7.47. The van der Waals surface area contributed by atoms with Gasteiger partial charge in [-0.15, -0.1) is 0 Å². The monoisotopic (exact) mass is 354 g/mol. The summed E-state index contributed by atoms with van der Waals surface area (Å²) in [6.07, 6.45) is 0.207. The summed E-state index contributed by atoms with van der Waals surface area (Å²) < 4.78 is 5.13. The van der Waals surface area contributed by atoms with Crippen LogP contribution in [0.5, 0.6) is 11.5 Å². The highest BCUT2D eigenvalue weighted by Crippen LogP contribution is 2.25. The molecular formula is C20H22N2O4. The molecular weight excluding hydrogens is 332 g/mol. The van der Waals surface area contributed by atoms with Crippen molar-refractivity contribution in [2.24, 2.45) is 5.92 Å². The van der Waals surface area contributed by atoms with Gasteiger partial charge in [-0.25, -0.2) is 0 Å². The minimum absolute atomic E-state index is 0.0246. The summed E-state index contributed by atoms with van der Waals surface area (Å²) >= 11 is 0. The van der Waals surface area contributed by atoms with E-state index in [1.54, 1.807) is 24.1 Å². The molecule has 0 aromatic heterocycles. The Hall–Kier alpha value is -3.02. The summed E-state index contributed by atoms with van der Waals surface area (Å²) in [6.45, 7) is 2.68. The maximum absolute atomic E-state index is 12.5. The Morgan fingerprint density at radius 2 is 2.00 bits per heavy atom. The van der Waals surface area contributed by atoms with E-state index < -0.39 is 0 Å². The van der Waals surface area contributed by atoms with Crippen molar-refractivity contribution in [3.63, 3.8) is 0 Å². The van der Waals surface area contributed by atoms with Crippen molar-refractivity contribution in [1.82, 2.24) is 4.90 Å². The number of benzene rings is 2. The van der Waals surface area contributed by atoms with Crippen molar-refractivity contribution in [3.05, 3.63) is 53.6 Å². The zero-order valence-electron chi connectivity index (χ0n) is 14.9. The highest BCUT2D eigenvalue weighted by atomic mass is 16.5. The van der Waals surface area contributed by atoms with Crippen molar-refractivity contribution in [2.75, 3.05) is 19.0 Å². The number of phenolic OH excluding ortho intramolecular Hbond substituents is 1. The van der Waals surface area contributed by atoms with Gasteiger partial charge in [-0.3, -0.25) is 9.59 Å². The fourth-order valence-electron chi connectivity index (χ4n) is 3.07. The zero-order valence-corrected chi connectivity index (χ0v) is 14.9. The highest BCUT2D eigenvalue weighted by molar-refractivity contribution is 5.97. The van der Waals surface area contributed by atoms with Crippen molar-refractivity contribution in [1.29, 1.82) is 0 Å². The standard InChI is InChI=1S/C20H22N2O4/c1-13-9-16(23)5-8-18(13)21-20(25)15-10-19(24)22(12-15)11-14-3-6-17(26-2)7-4-14/h3-9,15,23H,10-12H2,1-2H3,(H,21,25). The Morgan fingerprint density at radius 3 is 2.65 bits per heavy atom. The summed E-state index contributed by atoms with van der Waals surface area (Å²) in [7, 11) is 1.61. The number of carbonyl (C=O) groups is 2. The number of ether oxygens (including phenoxy) is 1. The molecule has 0 aliphatic carbocycles. The normalized spacial score (nSPS) is 16.6. The number of carbonyl (C=O) groups excluding carboxylic acids is 2. The van der Waals surface area contributed by atoms with Crippen LogP contribution in [0.25, 0.3) is 0 Å². The highest BCUT2D eigenvalue weighted by Gasteiger charge is 2.34. The van der Waals surface area contributed by atoms with E-state index in [9.17, 15) is 14.7 Å². The van der Waals surface area contributed by atoms with Gasteiger partial charge in [0.2, 0.25) is 11.8 Å². The molecule has 1 fully saturated rings. The molecule has 2 aromatic rings. The molecule has 1 unspecified atom stereocenters. The van der Waals surface area contributed by atoms with Gasteiger partial charge in [-0.2, -0.15) is 0 Å². The molecule has 136 valence electrons. The zero-order chi connectivity index (χ0) is 18.7. The average molecular weight is 354 g/mol. The van der Waals surface area contributed by atoms with Gasteiger partial charge in [0.1, 0.15) is 11.5 Å². The number of rotatable bonds is 5. The van der Waals surface area contributed by atoms with Gasteiger partial charge in [-0.1, -0.05) is 12.1 Å². The molecule has 6 nitrogen and oxygen atoms in total. The van der Waals surface area contributed by atoms with Crippen LogP contribution in [0.3, 0.4) is 0 Å². The molecule has 2 aromatic carbocycles. The fraction of sp³-hybridized carbons (Fsp3) is 0.300. The van der Waals surface area contributed by atoms with Crippen LogP contribution in [0.2, 0.25) is 0 Å². The van der Waals surface area contributed by atoms with Crippen LogP contribution >= 0.6 is 0 Å². The van der Waals surface area contributed by atoms with Crippen LogP contribution in [0.15, 0.2) is 42.5 Å². The third-order valence-electron chi connectivity index (χ3n) is 4.59. The lowest BCUT2D eigenvalue weighted by atomic mass is 10.1. The van der Waals surface area contributed by atoms with E-state index >= 15 is 0 Å². The molecule has 0 saturated carbocycles. The fourth-order valence-corrected chi connectivity index (χ4v) is 3.07. The third-order valence-corrected chi connectivity index (χ3v) is 4.59. The van der Waals surface area contributed by atoms with Gasteiger partial charge in [0.15, 0.2) is 0 Å². The van der Waals surface area contributed by atoms with E-state index in [0.29, 0.717) is 18.8 Å². The van der Waals surface area contributed by atoms with Gasteiger partial charge >= 0.3 is 0 Å². The number of methoxy groups -OCH3 is 1. The first kappa shape index (κ1) is 17.8. The van der Waals surface area contributed by atoms with Crippen LogP contribution in [-0.4, -0.2) is 35.5 Å². The topological polar surface area (TPSA) is 78.9 Å². The molecule has 6 heteroatoms. The van der Waals surface area contributed by atoms with E-state index in [0.717, 1.165) is 16.9 Å². The van der Waals surface area contributed by atoms with Gasteiger partial charge < -0.3 is 20.1 Å². The van der Waals surface area contributed by atoms with E-state index in [1.165, 1.54) is 6.07 Å². The maximum Gasteiger partial charge on any atom is 0.229 e. The van der Waals surface area contributed by atoms with Gasteiger partial charge in [0.05, 0.1) is 13.0 Å². The Bertz CT molecular complexity index is 817. The van der Waals surface area contributed by atoms with Crippen molar-refractivity contribution in [3.8, 4) is 11.5 Å². The van der Waals surface area contributed by atoms with Crippen molar-refractivity contribution >= 4 is 17.5 Å². The number of likely N-dealkylation sites (tertiary alicyclic amines) is 1. The summed E-state index contributed by atoms with van der Waals surface area (Å²) in [4.78, 5) is 26.5. The minimum atomic E-state index is -0.381. The molecule has 2 N–H and O–H groups in total. The number of nitrogens with zero attached hydrogens (tertiary/aromatic N) is 1. The molecule has 1 heterocycles. The van der Waals surface area contributed by atoms with E-state index in [-0.39, 0.29) is 29.9 Å². The van der Waals surface area contributed by atoms with Crippen LogP contribution in [0.4, 0.5) is 5.69 Å². The smallest absolute Gasteiger partial charge is 0.229 e. The molecule has 0 spiro atoms. The number of hydrogen-bond acceptors (Lipinski definition) is 4. The summed E-state index contributed by atoms with van der Waals surface area (Å²) in [5.41, 5.74) is 2.42. The summed E-state index contributed by atoms with van der Waals surface area (Å²) in [5.74, 6) is 0.340. The van der Waals surface area contributed by atoms with Gasteiger partial charge in [0, 0.05) is 25.2 Å². The molecule has 1 saturated heterocycles. The van der Waals surface area contributed by atoms with Crippen molar-refractivity contribution in [2.45, 2.75) is 19.9 Å². The number of aryl methyl sites for hydroxylation is 1. The maximum atomic E-state index is 12.5. The van der Waals surface area contributed by atoms with Crippen LogP contribution in [-0.2, 0) is 16.1 Å².